The summed E-state index contributed by atoms with van der Waals surface area (Å²) in [5, 5.41) is 10.6. The summed E-state index contributed by atoms with van der Waals surface area (Å²) in [5.74, 6) is -1.01. The molecule has 2 unspecified atom stereocenters. The molecule has 1 aliphatic rings. The van der Waals surface area contributed by atoms with Gasteiger partial charge in [0.05, 0.1) is 17.6 Å². The third-order valence-corrected chi connectivity index (χ3v) is 4.45. The minimum atomic E-state index is -1.77. The number of nitro benzene ring substituents is 1. The van der Waals surface area contributed by atoms with Gasteiger partial charge in [0.25, 0.3) is 5.69 Å². The van der Waals surface area contributed by atoms with Crippen molar-refractivity contribution in [1.29, 1.82) is 0 Å². The maximum atomic E-state index is 13.3. The second kappa shape index (κ2) is 7.17. The smallest absolute Gasteiger partial charge is 0.397 e. The van der Waals surface area contributed by atoms with Gasteiger partial charge in [-0.25, -0.2) is 8.78 Å². The molecule has 0 aromatic heterocycles. The summed E-state index contributed by atoms with van der Waals surface area (Å²) in [6.07, 6.45) is -0.112. The molecule has 126 valence electrons. The van der Waals surface area contributed by atoms with E-state index >= 15 is 0 Å². The second-order valence-corrected chi connectivity index (χ2v) is 6.08. The van der Waals surface area contributed by atoms with Gasteiger partial charge < -0.3 is 9.05 Å². The maximum absolute atomic E-state index is 13.3. The Morgan fingerprint density at radius 3 is 2.46 bits per heavy atom. The number of hydrogen-bond acceptors (Lipinski definition) is 5. The van der Waals surface area contributed by atoms with Crippen molar-refractivity contribution in [3.05, 3.63) is 69.8 Å². The molecule has 2 aromatic rings. The minimum absolute atomic E-state index is 0.0614. The van der Waals surface area contributed by atoms with Gasteiger partial charge in [-0.05, 0) is 29.8 Å². The Morgan fingerprint density at radius 2 is 1.83 bits per heavy atom. The summed E-state index contributed by atoms with van der Waals surface area (Å²) >= 11 is 0. The van der Waals surface area contributed by atoms with E-state index in [0.29, 0.717) is 24.3 Å². The zero-order valence-corrected chi connectivity index (χ0v) is 13.1. The summed E-state index contributed by atoms with van der Waals surface area (Å²) in [5.41, 5.74) is 0.310. The van der Waals surface area contributed by atoms with Gasteiger partial charge in [-0.2, -0.15) is 0 Å². The molecule has 0 aliphatic carbocycles. The van der Waals surface area contributed by atoms with Gasteiger partial charge in [-0.3, -0.25) is 14.6 Å². The average molecular weight is 355 g/mol. The highest BCUT2D eigenvalue weighted by molar-refractivity contribution is 7.42. The quantitative estimate of drug-likeness (QED) is 0.453. The Kier molecular flexibility index (Phi) is 4.99. The van der Waals surface area contributed by atoms with Gasteiger partial charge >= 0.3 is 8.60 Å². The number of nitro groups is 1. The summed E-state index contributed by atoms with van der Waals surface area (Å²) in [6.45, 7) is 0.307. The molecule has 1 saturated heterocycles. The lowest BCUT2D eigenvalue weighted by Crippen LogP contribution is -2.14. The van der Waals surface area contributed by atoms with Crippen molar-refractivity contribution in [2.24, 2.45) is 0 Å². The highest BCUT2D eigenvalue weighted by atomic mass is 31.2. The molecule has 1 aliphatic heterocycles. The van der Waals surface area contributed by atoms with Crippen LogP contribution >= 0.6 is 8.60 Å². The monoisotopic (exact) mass is 355 g/mol. The lowest BCUT2D eigenvalue weighted by Gasteiger charge is -2.28. The van der Waals surface area contributed by atoms with Crippen molar-refractivity contribution >= 4 is 14.3 Å². The van der Waals surface area contributed by atoms with Crippen LogP contribution in [0.1, 0.15) is 18.1 Å². The first-order valence-electron chi connectivity index (χ1n) is 6.99. The molecular formula is C15H12F2NO5P. The SMILES string of the molecule is O=[N+]([O-])c1ccc(OP2OCCC(c3cc(F)cc(F)c3)O2)cc1. The second-order valence-electron chi connectivity index (χ2n) is 4.98. The Bertz CT molecular complexity index is 723. The van der Waals surface area contributed by atoms with E-state index in [1.54, 1.807) is 0 Å². The molecule has 2 aromatic carbocycles. The van der Waals surface area contributed by atoms with Crippen LogP contribution in [0.15, 0.2) is 42.5 Å². The first kappa shape index (κ1) is 16.7. The fourth-order valence-electron chi connectivity index (χ4n) is 2.17. The molecule has 0 N–H and O–H groups in total. The van der Waals surface area contributed by atoms with Gasteiger partial charge in [-0.1, -0.05) is 0 Å². The highest BCUT2D eigenvalue weighted by Crippen LogP contribution is 2.49. The van der Waals surface area contributed by atoms with E-state index in [0.717, 1.165) is 6.07 Å². The van der Waals surface area contributed by atoms with E-state index in [1.165, 1.54) is 36.4 Å². The zero-order chi connectivity index (χ0) is 17.1. The Labute approximate surface area is 137 Å². The third-order valence-electron chi connectivity index (χ3n) is 3.27. The summed E-state index contributed by atoms with van der Waals surface area (Å²) in [4.78, 5) is 10.1. The predicted octanol–water partition coefficient (Wildman–Crippen LogP) is 4.66. The van der Waals surface area contributed by atoms with Gasteiger partial charge in [0, 0.05) is 24.6 Å². The van der Waals surface area contributed by atoms with Crippen LogP contribution in [-0.4, -0.2) is 11.5 Å². The first-order valence-corrected chi connectivity index (χ1v) is 8.09. The summed E-state index contributed by atoms with van der Waals surface area (Å²) in [6, 6.07) is 8.66. The molecule has 0 saturated carbocycles. The normalized spacial score (nSPS) is 20.6. The van der Waals surface area contributed by atoms with Crippen molar-refractivity contribution in [2.75, 3.05) is 6.61 Å². The number of hydrogen-bond donors (Lipinski definition) is 0. The van der Waals surface area contributed by atoms with E-state index in [-0.39, 0.29) is 5.69 Å². The van der Waals surface area contributed by atoms with Crippen molar-refractivity contribution in [2.45, 2.75) is 12.5 Å². The molecule has 6 nitrogen and oxygen atoms in total. The van der Waals surface area contributed by atoms with Crippen molar-refractivity contribution < 1.29 is 27.3 Å². The molecule has 2 atom stereocenters. The van der Waals surface area contributed by atoms with E-state index in [4.69, 9.17) is 13.6 Å². The average Bonchev–Trinajstić information content (AvgIpc) is 2.55. The Morgan fingerprint density at radius 1 is 1.17 bits per heavy atom. The van der Waals surface area contributed by atoms with Gasteiger partial charge in [0.2, 0.25) is 0 Å². The number of benzene rings is 2. The number of rotatable bonds is 4. The summed E-state index contributed by atoms with van der Waals surface area (Å²) in [7, 11) is -1.77. The highest BCUT2D eigenvalue weighted by Gasteiger charge is 2.28. The zero-order valence-electron chi connectivity index (χ0n) is 12.2. The van der Waals surface area contributed by atoms with Crippen molar-refractivity contribution in [3.63, 3.8) is 0 Å². The van der Waals surface area contributed by atoms with Crippen LogP contribution in [0.25, 0.3) is 0 Å². The maximum Gasteiger partial charge on any atom is 0.397 e. The first-order chi connectivity index (χ1) is 11.5. The topological polar surface area (TPSA) is 70.8 Å². The molecule has 0 bridgehead atoms. The largest absolute Gasteiger partial charge is 0.427 e. The number of non-ortho nitro benzene ring substituents is 1. The number of nitrogens with zero attached hydrogens (tertiary/aromatic N) is 1. The molecule has 9 heteroatoms. The standard InChI is InChI=1S/C15H12F2NO5P/c16-11-7-10(8-12(17)9-11)15-5-6-21-24(23-15)22-14-3-1-13(2-4-14)18(19)20/h1-4,7-9,15H,5-6H2. The molecule has 0 amide bonds. The molecule has 0 radical (unpaired) electrons. The van der Waals surface area contributed by atoms with E-state index in [9.17, 15) is 18.9 Å². The molecule has 1 heterocycles. The van der Waals surface area contributed by atoms with E-state index < -0.39 is 31.3 Å². The lowest BCUT2D eigenvalue weighted by molar-refractivity contribution is -0.384. The Hall–Kier alpha value is -2.15. The number of halogens is 2. The van der Waals surface area contributed by atoms with Crippen LogP contribution in [0.4, 0.5) is 14.5 Å². The van der Waals surface area contributed by atoms with Crippen LogP contribution in [0, 0.1) is 21.7 Å². The van der Waals surface area contributed by atoms with E-state index in [2.05, 4.69) is 0 Å². The molecule has 0 spiro atoms. The molecule has 24 heavy (non-hydrogen) atoms. The fourth-order valence-corrected chi connectivity index (χ4v) is 3.31. The van der Waals surface area contributed by atoms with Crippen LogP contribution in [-0.2, 0) is 9.05 Å². The van der Waals surface area contributed by atoms with E-state index in [1.807, 2.05) is 0 Å². The fraction of sp³-hybridized carbons (Fsp3) is 0.200. The van der Waals surface area contributed by atoms with Crippen LogP contribution in [0.5, 0.6) is 5.75 Å². The van der Waals surface area contributed by atoms with Gasteiger partial charge in [-0.15, -0.1) is 0 Å². The lowest BCUT2D eigenvalue weighted by atomic mass is 10.1. The van der Waals surface area contributed by atoms with Gasteiger partial charge in [0.1, 0.15) is 17.4 Å². The minimum Gasteiger partial charge on any atom is -0.427 e. The Balaban J connectivity index is 1.68. The third kappa shape index (κ3) is 4.03. The molecular weight excluding hydrogens is 343 g/mol. The van der Waals surface area contributed by atoms with Crippen molar-refractivity contribution in [3.8, 4) is 5.75 Å². The van der Waals surface area contributed by atoms with Crippen LogP contribution in [0.3, 0.4) is 0 Å². The summed E-state index contributed by atoms with van der Waals surface area (Å²) < 4.78 is 43.1. The molecule has 1 fully saturated rings. The van der Waals surface area contributed by atoms with Crippen LogP contribution < -0.4 is 4.52 Å². The van der Waals surface area contributed by atoms with Crippen LogP contribution in [0.2, 0.25) is 0 Å². The molecule has 3 rings (SSSR count). The van der Waals surface area contributed by atoms with Gasteiger partial charge in [0.15, 0.2) is 0 Å². The predicted molar refractivity (Wildman–Crippen MR) is 81.4 cm³/mol. The van der Waals surface area contributed by atoms with Crippen molar-refractivity contribution in [1.82, 2.24) is 0 Å².